The van der Waals surface area contributed by atoms with E-state index in [1.165, 1.54) is 0 Å². The van der Waals surface area contributed by atoms with Crippen LogP contribution >= 0.6 is 11.6 Å². The predicted molar refractivity (Wildman–Crippen MR) is 97.0 cm³/mol. The van der Waals surface area contributed by atoms with E-state index < -0.39 is 0 Å². The van der Waals surface area contributed by atoms with Gasteiger partial charge in [-0.3, -0.25) is 9.48 Å². The molecule has 6 heteroatoms. The Balaban J connectivity index is 1.53. The van der Waals surface area contributed by atoms with Crippen molar-refractivity contribution >= 4 is 17.5 Å². The van der Waals surface area contributed by atoms with Crippen molar-refractivity contribution in [3.05, 3.63) is 76.0 Å². The van der Waals surface area contributed by atoms with Gasteiger partial charge in [0.2, 0.25) is 0 Å². The molecule has 0 atom stereocenters. The topological polar surface area (TPSA) is 60.1 Å². The second-order valence-corrected chi connectivity index (χ2v) is 6.42. The molecule has 2 aromatic heterocycles. The molecule has 0 unspecified atom stereocenters. The minimum absolute atomic E-state index is 0.214. The molecule has 0 aliphatic heterocycles. The molecule has 0 spiro atoms. The molecule has 130 valence electrons. The zero-order valence-electron chi connectivity index (χ0n) is 14.3. The Hall–Kier alpha value is -2.53. The molecule has 1 N–H and O–H groups in total. The zero-order valence-corrected chi connectivity index (χ0v) is 15.0. The molecule has 0 fully saturated rings. The Labute approximate surface area is 151 Å². The molecule has 3 aromatic rings. The first-order valence-electron chi connectivity index (χ1n) is 8.13. The highest BCUT2D eigenvalue weighted by atomic mass is 35.5. The second kappa shape index (κ2) is 7.57. The van der Waals surface area contributed by atoms with Crippen LogP contribution < -0.4 is 5.32 Å². The lowest BCUT2D eigenvalue weighted by Gasteiger charge is -2.04. The maximum absolute atomic E-state index is 12.2. The number of nitrogens with one attached hydrogen (secondary N) is 1. The van der Waals surface area contributed by atoms with Crippen LogP contribution in [0.1, 0.15) is 33.3 Å². The minimum Gasteiger partial charge on any atom is -0.454 e. The van der Waals surface area contributed by atoms with Crippen molar-refractivity contribution in [1.82, 2.24) is 15.1 Å². The fourth-order valence-corrected chi connectivity index (χ4v) is 2.75. The summed E-state index contributed by atoms with van der Waals surface area (Å²) in [4.78, 5) is 12.2. The van der Waals surface area contributed by atoms with Gasteiger partial charge in [-0.05, 0) is 56.2 Å². The lowest BCUT2D eigenvalue weighted by molar-refractivity contribution is 0.0924. The van der Waals surface area contributed by atoms with Gasteiger partial charge in [0.15, 0.2) is 5.76 Å². The van der Waals surface area contributed by atoms with Gasteiger partial charge in [0.25, 0.3) is 5.91 Å². The van der Waals surface area contributed by atoms with Gasteiger partial charge in [-0.25, -0.2) is 0 Å². The molecule has 0 saturated heterocycles. The summed E-state index contributed by atoms with van der Waals surface area (Å²) in [5, 5.41) is 7.97. The van der Waals surface area contributed by atoms with Gasteiger partial charge in [-0.1, -0.05) is 23.7 Å². The van der Waals surface area contributed by atoms with Gasteiger partial charge < -0.3 is 9.73 Å². The number of hydrogen-bond acceptors (Lipinski definition) is 3. The summed E-state index contributed by atoms with van der Waals surface area (Å²) in [6, 6.07) is 13.1. The summed E-state index contributed by atoms with van der Waals surface area (Å²) in [6.45, 7) is 4.99. The smallest absolute Gasteiger partial charge is 0.287 e. The maximum Gasteiger partial charge on any atom is 0.287 e. The first-order chi connectivity index (χ1) is 12.0. The summed E-state index contributed by atoms with van der Waals surface area (Å²) in [5.74, 6) is 0.801. The Bertz CT molecular complexity index is 865. The van der Waals surface area contributed by atoms with Crippen molar-refractivity contribution in [3.8, 4) is 0 Å². The average molecular weight is 358 g/mol. The Morgan fingerprint density at radius 3 is 2.64 bits per heavy atom. The molecule has 2 heterocycles. The van der Waals surface area contributed by atoms with Gasteiger partial charge in [-0.15, -0.1) is 0 Å². The summed E-state index contributed by atoms with van der Waals surface area (Å²) < 4.78 is 7.50. The highest BCUT2D eigenvalue weighted by Crippen LogP contribution is 2.12. The van der Waals surface area contributed by atoms with E-state index in [0.717, 1.165) is 23.4 Å². The van der Waals surface area contributed by atoms with E-state index >= 15 is 0 Å². The third-order valence-corrected chi connectivity index (χ3v) is 4.16. The molecule has 3 rings (SSSR count). The minimum atomic E-state index is -0.214. The van der Waals surface area contributed by atoms with Crippen LogP contribution in [0.2, 0.25) is 5.02 Å². The number of benzene rings is 1. The molecule has 25 heavy (non-hydrogen) atoms. The van der Waals surface area contributed by atoms with Crippen LogP contribution in [0.4, 0.5) is 0 Å². The molecular weight excluding hydrogens is 338 g/mol. The van der Waals surface area contributed by atoms with E-state index in [1.807, 2.05) is 54.9 Å². The van der Waals surface area contributed by atoms with E-state index in [1.54, 1.807) is 6.07 Å². The van der Waals surface area contributed by atoms with Crippen LogP contribution in [0.25, 0.3) is 0 Å². The summed E-state index contributed by atoms with van der Waals surface area (Å²) in [6.07, 6.45) is 0.738. The summed E-state index contributed by atoms with van der Waals surface area (Å²) in [5.41, 5.74) is 3.14. The maximum atomic E-state index is 12.2. The molecule has 0 saturated carbocycles. The molecular formula is C19H20ClN3O2. The van der Waals surface area contributed by atoms with E-state index in [2.05, 4.69) is 10.4 Å². The Morgan fingerprint density at radius 2 is 1.96 bits per heavy atom. The average Bonchev–Trinajstić information content (AvgIpc) is 3.16. The highest BCUT2D eigenvalue weighted by Gasteiger charge is 2.12. The third kappa shape index (κ3) is 4.51. The monoisotopic (exact) mass is 357 g/mol. The lowest BCUT2D eigenvalue weighted by atomic mass is 10.1. The van der Waals surface area contributed by atoms with Crippen molar-refractivity contribution in [2.45, 2.75) is 26.8 Å². The molecule has 0 radical (unpaired) electrons. The number of amides is 1. The number of hydrogen-bond donors (Lipinski definition) is 1. The molecule has 0 bridgehead atoms. The lowest BCUT2D eigenvalue weighted by Crippen LogP contribution is -2.25. The number of halogens is 1. The molecule has 1 aromatic carbocycles. The summed E-state index contributed by atoms with van der Waals surface area (Å²) in [7, 11) is 0. The van der Waals surface area contributed by atoms with Gasteiger partial charge in [-0.2, -0.15) is 5.10 Å². The number of carbonyl (C=O) groups is 1. The molecule has 0 aliphatic carbocycles. The van der Waals surface area contributed by atoms with E-state index in [9.17, 15) is 4.79 Å². The zero-order chi connectivity index (χ0) is 17.8. The number of aryl methyl sites for hydroxylation is 2. The third-order valence-electron chi connectivity index (χ3n) is 3.91. The van der Waals surface area contributed by atoms with Crippen molar-refractivity contribution in [3.63, 3.8) is 0 Å². The number of carbonyl (C=O) groups excluding carboxylic acids is 1. The fraction of sp³-hybridized carbons (Fsp3) is 0.263. The van der Waals surface area contributed by atoms with E-state index in [-0.39, 0.29) is 5.91 Å². The first kappa shape index (κ1) is 17.3. The van der Waals surface area contributed by atoms with E-state index in [0.29, 0.717) is 29.6 Å². The van der Waals surface area contributed by atoms with Gasteiger partial charge in [0.05, 0.1) is 12.2 Å². The number of furan rings is 1. The quantitative estimate of drug-likeness (QED) is 0.730. The predicted octanol–water partition coefficient (Wildman–Crippen LogP) is 3.77. The van der Waals surface area contributed by atoms with Gasteiger partial charge in [0.1, 0.15) is 5.76 Å². The van der Waals surface area contributed by atoms with Crippen LogP contribution in [0.5, 0.6) is 0 Å². The Morgan fingerprint density at radius 1 is 1.20 bits per heavy atom. The first-order valence-corrected chi connectivity index (χ1v) is 8.51. The van der Waals surface area contributed by atoms with Crippen molar-refractivity contribution in [2.75, 3.05) is 6.54 Å². The van der Waals surface area contributed by atoms with Crippen LogP contribution in [0.3, 0.4) is 0 Å². The number of rotatable bonds is 6. The Kier molecular flexibility index (Phi) is 5.24. The standard InChI is InChI=1S/C19H20ClN3O2/c1-13-11-14(2)23(22-13)12-17-7-8-18(25-17)19(24)21-10-9-15-3-5-16(20)6-4-15/h3-8,11H,9-10,12H2,1-2H3,(H,21,24). The van der Waals surface area contributed by atoms with Crippen LogP contribution in [-0.4, -0.2) is 22.2 Å². The highest BCUT2D eigenvalue weighted by molar-refractivity contribution is 6.30. The van der Waals surface area contributed by atoms with Crippen LogP contribution in [0, 0.1) is 13.8 Å². The molecule has 0 aliphatic rings. The molecule has 1 amide bonds. The summed E-state index contributed by atoms with van der Waals surface area (Å²) >= 11 is 5.86. The van der Waals surface area contributed by atoms with Crippen LogP contribution in [-0.2, 0) is 13.0 Å². The van der Waals surface area contributed by atoms with Gasteiger partial charge in [0, 0.05) is 17.3 Å². The number of nitrogens with zero attached hydrogens (tertiary/aromatic N) is 2. The van der Waals surface area contributed by atoms with Crippen molar-refractivity contribution < 1.29 is 9.21 Å². The van der Waals surface area contributed by atoms with Crippen molar-refractivity contribution in [2.24, 2.45) is 0 Å². The van der Waals surface area contributed by atoms with Gasteiger partial charge >= 0.3 is 0 Å². The van der Waals surface area contributed by atoms with Crippen molar-refractivity contribution in [1.29, 1.82) is 0 Å². The van der Waals surface area contributed by atoms with E-state index in [4.69, 9.17) is 16.0 Å². The molecule has 5 nitrogen and oxygen atoms in total. The van der Waals surface area contributed by atoms with Crippen LogP contribution in [0.15, 0.2) is 46.9 Å². The normalized spacial score (nSPS) is 10.8. The number of aromatic nitrogens is 2. The SMILES string of the molecule is Cc1cc(C)n(Cc2ccc(C(=O)NCCc3ccc(Cl)cc3)o2)n1. The second-order valence-electron chi connectivity index (χ2n) is 5.98. The fourth-order valence-electron chi connectivity index (χ4n) is 2.63. The largest absolute Gasteiger partial charge is 0.454 e.